The van der Waals surface area contributed by atoms with E-state index in [1.54, 1.807) is 0 Å². The molecule has 3 N–H and O–H groups in total. The number of carbonyl (C=O) groups is 2. The summed E-state index contributed by atoms with van der Waals surface area (Å²) in [5.74, 6) is -1.25. The Hall–Kier alpha value is -1.53. The standard InChI is InChI=1S/C11H13ClN2O4/c12-6-3-8(13-4-6)10(15)14-5-7-1-2-9(18-7)11(16)17/h3-4,7,9,13H,1-2,5H2,(H,14,15)(H,16,17). The second kappa shape index (κ2) is 5.41. The maximum absolute atomic E-state index is 11.7. The molecule has 0 saturated carbocycles. The highest BCUT2D eigenvalue weighted by atomic mass is 35.5. The lowest BCUT2D eigenvalue weighted by atomic mass is 10.2. The molecule has 6 nitrogen and oxygen atoms in total. The molecule has 0 spiro atoms. The zero-order valence-electron chi connectivity index (χ0n) is 9.48. The number of aliphatic carboxylic acids is 1. The van der Waals surface area contributed by atoms with E-state index in [9.17, 15) is 9.59 Å². The molecule has 2 unspecified atom stereocenters. The molecule has 0 radical (unpaired) electrons. The van der Waals surface area contributed by atoms with Crippen LogP contribution in [-0.4, -0.2) is 40.7 Å². The lowest BCUT2D eigenvalue weighted by Crippen LogP contribution is -2.33. The Balaban J connectivity index is 1.79. The molecule has 2 heterocycles. The van der Waals surface area contributed by atoms with Crippen LogP contribution < -0.4 is 5.32 Å². The van der Waals surface area contributed by atoms with Crippen molar-refractivity contribution < 1.29 is 19.4 Å². The number of carbonyl (C=O) groups excluding carboxylic acids is 1. The van der Waals surface area contributed by atoms with Crippen molar-refractivity contribution in [3.8, 4) is 0 Å². The highest BCUT2D eigenvalue weighted by molar-refractivity contribution is 6.30. The van der Waals surface area contributed by atoms with Crippen LogP contribution in [-0.2, 0) is 9.53 Å². The number of halogens is 1. The minimum Gasteiger partial charge on any atom is -0.479 e. The van der Waals surface area contributed by atoms with Gasteiger partial charge in [0.05, 0.1) is 11.1 Å². The quantitative estimate of drug-likeness (QED) is 0.763. The van der Waals surface area contributed by atoms with E-state index in [1.807, 2.05) is 0 Å². The molecular formula is C11H13ClN2O4. The molecule has 0 aliphatic carbocycles. The second-order valence-electron chi connectivity index (χ2n) is 4.10. The third-order valence-electron chi connectivity index (χ3n) is 2.77. The molecule has 2 atom stereocenters. The van der Waals surface area contributed by atoms with Gasteiger partial charge in [-0.1, -0.05) is 11.6 Å². The third kappa shape index (κ3) is 3.02. The summed E-state index contributed by atoms with van der Waals surface area (Å²) in [6.07, 6.45) is 1.61. The van der Waals surface area contributed by atoms with Crippen LogP contribution in [0.5, 0.6) is 0 Å². The summed E-state index contributed by atoms with van der Waals surface area (Å²) in [6, 6.07) is 1.52. The van der Waals surface area contributed by atoms with Gasteiger partial charge in [-0.25, -0.2) is 4.79 Å². The van der Waals surface area contributed by atoms with Crippen molar-refractivity contribution in [3.05, 3.63) is 23.0 Å². The minimum atomic E-state index is -0.958. The van der Waals surface area contributed by atoms with Gasteiger partial charge in [0.15, 0.2) is 6.10 Å². The van der Waals surface area contributed by atoms with E-state index in [4.69, 9.17) is 21.4 Å². The maximum atomic E-state index is 11.7. The summed E-state index contributed by atoms with van der Waals surface area (Å²) in [6.45, 7) is 0.291. The van der Waals surface area contributed by atoms with Gasteiger partial charge in [0.25, 0.3) is 5.91 Å². The number of carboxylic acid groups (broad SMARTS) is 1. The van der Waals surface area contributed by atoms with Crippen LogP contribution in [0.25, 0.3) is 0 Å². The summed E-state index contributed by atoms with van der Waals surface area (Å²) in [4.78, 5) is 25.1. The van der Waals surface area contributed by atoms with Gasteiger partial charge in [-0.3, -0.25) is 4.79 Å². The average Bonchev–Trinajstić information content (AvgIpc) is 2.94. The number of aromatic amines is 1. The first kappa shape index (κ1) is 12.9. The van der Waals surface area contributed by atoms with Crippen LogP contribution in [0.15, 0.2) is 12.3 Å². The SMILES string of the molecule is O=C(NCC1CCC(C(=O)O)O1)c1cc(Cl)c[nH]1. The van der Waals surface area contributed by atoms with E-state index in [1.165, 1.54) is 12.3 Å². The van der Waals surface area contributed by atoms with E-state index in [0.29, 0.717) is 30.1 Å². The lowest BCUT2D eigenvalue weighted by Gasteiger charge is -2.11. The predicted molar refractivity (Wildman–Crippen MR) is 63.7 cm³/mol. The van der Waals surface area contributed by atoms with Gasteiger partial charge in [0, 0.05) is 12.7 Å². The highest BCUT2D eigenvalue weighted by Gasteiger charge is 2.30. The van der Waals surface area contributed by atoms with E-state index in [-0.39, 0.29) is 12.0 Å². The Morgan fingerprint density at radius 1 is 1.56 bits per heavy atom. The maximum Gasteiger partial charge on any atom is 0.332 e. The van der Waals surface area contributed by atoms with Gasteiger partial charge in [0.1, 0.15) is 5.69 Å². The summed E-state index contributed by atoms with van der Waals surface area (Å²) in [5.41, 5.74) is 0.368. The number of hydrogen-bond donors (Lipinski definition) is 3. The Kier molecular flexibility index (Phi) is 3.88. The topological polar surface area (TPSA) is 91.4 Å². The molecule has 1 fully saturated rings. The van der Waals surface area contributed by atoms with Gasteiger partial charge < -0.3 is 20.1 Å². The minimum absolute atomic E-state index is 0.250. The van der Waals surface area contributed by atoms with Crippen LogP contribution >= 0.6 is 11.6 Å². The molecule has 1 aromatic heterocycles. The highest BCUT2D eigenvalue weighted by Crippen LogP contribution is 2.19. The molecular weight excluding hydrogens is 260 g/mol. The number of H-pyrrole nitrogens is 1. The van der Waals surface area contributed by atoms with Crippen molar-refractivity contribution in [1.29, 1.82) is 0 Å². The molecule has 0 bridgehead atoms. The number of ether oxygens (including phenoxy) is 1. The van der Waals surface area contributed by atoms with Crippen molar-refractivity contribution >= 4 is 23.5 Å². The van der Waals surface area contributed by atoms with Crippen molar-refractivity contribution in [1.82, 2.24) is 10.3 Å². The average molecular weight is 273 g/mol. The third-order valence-corrected chi connectivity index (χ3v) is 2.98. The van der Waals surface area contributed by atoms with E-state index >= 15 is 0 Å². The van der Waals surface area contributed by atoms with Crippen molar-refractivity contribution in [2.75, 3.05) is 6.54 Å². The van der Waals surface area contributed by atoms with E-state index in [2.05, 4.69) is 10.3 Å². The number of rotatable bonds is 4. The van der Waals surface area contributed by atoms with E-state index < -0.39 is 12.1 Å². The fourth-order valence-electron chi connectivity index (χ4n) is 1.84. The monoisotopic (exact) mass is 272 g/mol. The van der Waals surface area contributed by atoms with Gasteiger partial charge in [-0.2, -0.15) is 0 Å². The van der Waals surface area contributed by atoms with Crippen LogP contribution in [0, 0.1) is 0 Å². The number of carboxylic acids is 1. The molecule has 2 rings (SSSR count). The zero-order chi connectivity index (χ0) is 13.1. The van der Waals surface area contributed by atoms with Crippen LogP contribution in [0.2, 0.25) is 5.02 Å². The Morgan fingerprint density at radius 2 is 2.33 bits per heavy atom. The first-order valence-corrected chi connectivity index (χ1v) is 5.94. The lowest BCUT2D eigenvalue weighted by molar-refractivity contribution is -0.149. The molecule has 0 aromatic carbocycles. The molecule has 1 amide bonds. The van der Waals surface area contributed by atoms with E-state index in [0.717, 1.165) is 0 Å². The molecule has 98 valence electrons. The molecule has 18 heavy (non-hydrogen) atoms. The Morgan fingerprint density at radius 3 is 2.89 bits per heavy atom. The largest absolute Gasteiger partial charge is 0.479 e. The molecule has 7 heteroatoms. The second-order valence-corrected chi connectivity index (χ2v) is 4.54. The van der Waals surface area contributed by atoms with Gasteiger partial charge in [-0.05, 0) is 18.9 Å². The van der Waals surface area contributed by atoms with Gasteiger partial charge in [-0.15, -0.1) is 0 Å². The number of hydrogen-bond acceptors (Lipinski definition) is 3. The van der Waals surface area contributed by atoms with Crippen LogP contribution in [0.3, 0.4) is 0 Å². The molecule has 1 aromatic rings. The summed E-state index contributed by atoms with van der Waals surface area (Å²) < 4.78 is 5.26. The first-order chi connectivity index (χ1) is 8.56. The summed E-state index contributed by atoms with van der Waals surface area (Å²) in [7, 11) is 0. The van der Waals surface area contributed by atoms with Crippen molar-refractivity contribution in [3.63, 3.8) is 0 Å². The fraction of sp³-hybridized carbons (Fsp3) is 0.455. The van der Waals surface area contributed by atoms with Crippen molar-refractivity contribution in [2.24, 2.45) is 0 Å². The molecule has 1 aliphatic heterocycles. The number of aromatic nitrogens is 1. The summed E-state index contributed by atoms with van der Waals surface area (Å²) in [5, 5.41) is 11.9. The summed E-state index contributed by atoms with van der Waals surface area (Å²) >= 11 is 5.68. The van der Waals surface area contributed by atoms with Gasteiger partial charge in [0.2, 0.25) is 0 Å². The van der Waals surface area contributed by atoms with Crippen molar-refractivity contribution in [2.45, 2.75) is 25.0 Å². The van der Waals surface area contributed by atoms with Gasteiger partial charge >= 0.3 is 5.97 Å². The normalized spacial score (nSPS) is 22.9. The zero-order valence-corrected chi connectivity index (χ0v) is 10.2. The Bertz CT molecular complexity index is 460. The molecule has 1 saturated heterocycles. The predicted octanol–water partition coefficient (Wildman–Crippen LogP) is 1.03. The fourth-order valence-corrected chi connectivity index (χ4v) is 2.00. The molecule has 1 aliphatic rings. The smallest absolute Gasteiger partial charge is 0.332 e. The first-order valence-electron chi connectivity index (χ1n) is 5.56. The number of amides is 1. The number of nitrogens with one attached hydrogen (secondary N) is 2. The van der Waals surface area contributed by atoms with Crippen LogP contribution in [0.1, 0.15) is 23.3 Å². The Labute approximate surface area is 108 Å². The van der Waals surface area contributed by atoms with Crippen LogP contribution in [0.4, 0.5) is 0 Å².